The lowest BCUT2D eigenvalue weighted by Crippen LogP contribution is -2.38. The molecule has 3 rings (SSSR count). The smallest absolute Gasteiger partial charge is 0.261 e. The molecular formula is C17H19N3O2. The van der Waals surface area contributed by atoms with Crippen molar-refractivity contribution < 1.29 is 9.53 Å². The van der Waals surface area contributed by atoms with Gasteiger partial charge in [-0.3, -0.25) is 9.78 Å². The SMILES string of the molecule is CN(C(=O)c1cnccc1N1CCOCC1)c1ccccc1. The van der Waals surface area contributed by atoms with Gasteiger partial charge < -0.3 is 14.5 Å². The maximum Gasteiger partial charge on any atom is 0.261 e. The molecule has 0 N–H and O–H groups in total. The number of rotatable bonds is 3. The molecule has 1 aliphatic heterocycles. The first-order valence-electron chi connectivity index (χ1n) is 7.37. The van der Waals surface area contributed by atoms with E-state index >= 15 is 0 Å². The Kier molecular flexibility index (Phi) is 4.34. The molecule has 1 aromatic heterocycles. The van der Waals surface area contributed by atoms with Crippen LogP contribution >= 0.6 is 0 Å². The van der Waals surface area contributed by atoms with Gasteiger partial charge in [-0.1, -0.05) is 18.2 Å². The summed E-state index contributed by atoms with van der Waals surface area (Å²) in [6.07, 6.45) is 3.37. The Morgan fingerprint density at radius 3 is 2.64 bits per heavy atom. The standard InChI is InChI=1S/C17H19N3O2/c1-19(14-5-3-2-4-6-14)17(21)15-13-18-8-7-16(15)20-9-11-22-12-10-20/h2-8,13H,9-12H2,1H3. The van der Waals surface area contributed by atoms with Gasteiger partial charge in [-0.2, -0.15) is 0 Å². The lowest BCUT2D eigenvalue weighted by Gasteiger charge is -2.30. The third-order valence-corrected chi connectivity index (χ3v) is 3.83. The van der Waals surface area contributed by atoms with Gasteiger partial charge in [0.2, 0.25) is 0 Å². The molecule has 22 heavy (non-hydrogen) atoms. The monoisotopic (exact) mass is 297 g/mol. The number of aromatic nitrogens is 1. The van der Waals surface area contributed by atoms with Gasteiger partial charge >= 0.3 is 0 Å². The Labute approximate surface area is 130 Å². The van der Waals surface area contributed by atoms with E-state index in [0.29, 0.717) is 18.8 Å². The second-order valence-corrected chi connectivity index (χ2v) is 5.19. The van der Waals surface area contributed by atoms with Gasteiger partial charge in [0.05, 0.1) is 24.5 Å². The van der Waals surface area contributed by atoms with E-state index in [1.807, 2.05) is 36.4 Å². The number of benzene rings is 1. The van der Waals surface area contributed by atoms with E-state index in [2.05, 4.69) is 9.88 Å². The van der Waals surface area contributed by atoms with Crippen molar-refractivity contribution >= 4 is 17.3 Å². The Hall–Kier alpha value is -2.40. The Bertz CT molecular complexity index is 639. The zero-order chi connectivity index (χ0) is 15.4. The van der Waals surface area contributed by atoms with E-state index in [0.717, 1.165) is 24.5 Å². The number of hydrogen-bond acceptors (Lipinski definition) is 4. The van der Waals surface area contributed by atoms with Crippen molar-refractivity contribution in [3.63, 3.8) is 0 Å². The van der Waals surface area contributed by atoms with E-state index in [1.54, 1.807) is 24.3 Å². The average Bonchev–Trinajstić information content (AvgIpc) is 2.62. The van der Waals surface area contributed by atoms with Gasteiger partial charge in [-0.25, -0.2) is 0 Å². The highest BCUT2D eigenvalue weighted by Crippen LogP contribution is 2.23. The molecule has 0 unspecified atom stereocenters. The summed E-state index contributed by atoms with van der Waals surface area (Å²) in [4.78, 5) is 20.8. The number of carbonyl (C=O) groups excluding carboxylic acids is 1. The van der Waals surface area contributed by atoms with E-state index in [-0.39, 0.29) is 5.91 Å². The third-order valence-electron chi connectivity index (χ3n) is 3.83. The molecule has 1 saturated heterocycles. The highest BCUT2D eigenvalue weighted by atomic mass is 16.5. The summed E-state index contributed by atoms with van der Waals surface area (Å²) in [5.74, 6) is -0.0548. The van der Waals surface area contributed by atoms with Crippen molar-refractivity contribution in [3.8, 4) is 0 Å². The number of para-hydroxylation sites is 1. The summed E-state index contributed by atoms with van der Waals surface area (Å²) >= 11 is 0. The molecule has 1 aromatic carbocycles. The van der Waals surface area contributed by atoms with Gasteiger partial charge in [-0.05, 0) is 18.2 Å². The zero-order valence-corrected chi connectivity index (χ0v) is 12.6. The van der Waals surface area contributed by atoms with Crippen LogP contribution in [0.15, 0.2) is 48.8 Å². The maximum atomic E-state index is 12.8. The molecule has 114 valence electrons. The minimum atomic E-state index is -0.0548. The highest BCUT2D eigenvalue weighted by Gasteiger charge is 2.21. The molecule has 5 nitrogen and oxygen atoms in total. The summed E-state index contributed by atoms with van der Waals surface area (Å²) < 4.78 is 5.39. The first-order valence-corrected chi connectivity index (χ1v) is 7.37. The van der Waals surface area contributed by atoms with Crippen molar-refractivity contribution in [2.75, 3.05) is 43.2 Å². The normalized spacial score (nSPS) is 14.7. The molecule has 1 aliphatic rings. The minimum Gasteiger partial charge on any atom is -0.378 e. The van der Waals surface area contributed by atoms with Gasteiger partial charge in [0.15, 0.2) is 0 Å². The van der Waals surface area contributed by atoms with Crippen LogP contribution in [0.25, 0.3) is 0 Å². The van der Waals surface area contributed by atoms with Crippen LogP contribution in [0.3, 0.4) is 0 Å². The van der Waals surface area contributed by atoms with Crippen LogP contribution in [0.5, 0.6) is 0 Å². The highest BCUT2D eigenvalue weighted by molar-refractivity contribution is 6.09. The summed E-state index contributed by atoms with van der Waals surface area (Å²) in [5.41, 5.74) is 2.41. The number of nitrogens with zero attached hydrogens (tertiary/aromatic N) is 3. The number of pyridine rings is 1. The molecule has 0 bridgehead atoms. The molecule has 2 aromatic rings. The third kappa shape index (κ3) is 2.94. The molecule has 0 radical (unpaired) electrons. The summed E-state index contributed by atoms with van der Waals surface area (Å²) in [7, 11) is 1.79. The van der Waals surface area contributed by atoms with Gasteiger partial charge in [0, 0.05) is 38.2 Å². The van der Waals surface area contributed by atoms with Crippen LogP contribution in [0, 0.1) is 0 Å². The number of morpholine rings is 1. The summed E-state index contributed by atoms with van der Waals surface area (Å²) in [6.45, 7) is 2.95. The van der Waals surface area contributed by atoms with E-state index in [9.17, 15) is 4.79 Å². The Morgan fingerprint density at radius 2 is 1.91 bits per heavy atom. The lowest BCUT2D eigenvalue weighted by atomic mass is 10.1. The largest absolute Gasteiger partial charge is 0.378 e. The van der Waals surface area contributed by atoms with E-state index < -0.39 is 0 Å². The van der Waals surface area contributed by atoms with Crippen molar-refractivity contribution in [2.45, 2.75) is 0 Å². The maximum absolute atomic E-state index is 12.8. The molecule has 1 fully saturated rings. The van der Waals surface area contributed by atoms with Crippen LogP contribution in [0.4, 0.5) is 11.4 Å². The molecule has 0 atom stereocenters. The van der Waals surface area contributed by atoms with Gasteiger partial charge in [0.1, 0.15) is 0 Å². The first kappa shape index (κ1) is 14.5. The van der Waals surface area contributed by atoms with Crippen LogP contribution in [0.1, 0.15) is 10.4 Å². The summed E-state index contributed by atoms with van der Waals surface area (Å²) in [6, 6.07) is 11.5. The van der Waals surface area contributed by atoms with Crippen molar-refractivity contribution in [1.82, 2.24) is 4.98 Å². The second-order valence-electron chi connectivity index (χ2n) is 5.19. The molecule has 0 saturated carbocycles. The van der Waals surface area contributed by atoms with E-state index in [4.69, 9.17) is 4.74 Å². The molecule has 0 aliphatic carbocycles. The molecule has 1 amide bonds. The van der Waals surface area contributed by atoms with Crippen LogP contribution in [-0.2, 0) is 4.74 Å². The number of ether oxygens (including phenoxy) is 1. The summed E-state index contributed by atoms with van der Waals surface area (Å²) in [5, 5.41) is 0. The number of amides is 1. The molecule has 0 spiro atoms. The van der Waals surface area contributed by atoms with Crippen LogP contribution in [0.2, 0.25) is 0 Å². The van der Waals surface area contributed by atoms with Crippen molar-refractivity contribution in [2.24, 2.45) is 0 Å². The molecule has 5 heteroatoms. The average molecular weight is 297 g/mol. The van der Waals surface area contributed by atoms with Gasteiger partial charge in [0.25, 0.3) is 5.91 Å². The zero-order valence-electron chi connectivity index (χ0n) is 12.6. The van der Waals surface area contributed by atoms with Crippen LogP contribution < -0.4 is 9.80 Å². The Morgan fingerprint density at radius 1 is 1.18 bits per heavy atom. The topological polar surface area (TPSA) is 45.7 Å². The van der Waals surface area contributed by atoms with Crippen molar-refractivity contribution in [3.05, 3.63) is 54.4 Å². The van der Waals surface area contributed by atoms with Gasteiger partial charge in [-0.15, -0.1) is 0 Å². The lowest BCUT2D eigenvalue weighted by molar-refractivity contribution is 0.0991. The fourth-order valence-corrected chi connectivity index (χ4v) is 2.58. The molecule has 2 heterocycles. The number of anilines is 2. The Balaban J connectivity index is 1.89. The van der Waals surface area contributed by atoms with E-state index in [1.165, 1.54) is 0 Å². The molecular weight excluding hydrogens is 278 g/mol. The quantitative estimate of drug-likeness (QED) is 0.871. The van der Waals surface area contributed by atoms with Crippen LogP contribution in [-0.4, -0.2) is 44.2 Å². The van der Waals surface area contributed by atoms with Crippen molar-refractivity contribution in [1.29, 1.82) is 0 Å². The fraction of sp³-hybridized carbons (Fsp3) is 0.294. The fourth-order valence-electron chi connectivity index (χ4n) is 2.58. The number of carbonyl (C=O) groups is 1. The first-order chi connectivity index (χ1) is 10.8. The second kappa shape index (κ2) is 6.58. The predicted molar refractivity (Wildman–Crippen MR) is 86.4 cm³/mol. The predicted octanol–water partition coefficient (Wildman–Crippen LogP) is 2.19. The number of hydrogen-bond donors (Lipinski definition) is 0. The minimum absolute atomic E-state index is 0.0548.